The van der Waals surface area contributed by atoms with Gasteiger partial charge in [0, 0.05) is 24.9 Å². The molecule has 0 radical (unpaired) electrons. The number of rotatable bonds is 12. The van der Waals surface area contributed by atoms with E-state index in [1.165, 1.54) is 49.8 Å². The fourth-order valence-corrected chi connectivity index (χ4v) is 3.58. The van der Waals surface area contributed by atoms with Gasteiger partial charge in [0.1, 0.15) is 0 Å². The minimum Gasteiger partial charge on any atom is -0.326 e. The Hall–Kier alpha value is -2.17. The Morgan fingerprint density at radius 3 is 2.18 bits per heavy atom. The van der Waals surface area contributed by atoms with Gasteiger partial charge in [-0.3, -0.25) is 19.3 Å². The van der Waals surface area contributed by atoms with Crippen LogP contribution in [0.2, 0.25) is 0 Å². The lowest BCUT2D eigenvalue weighted by molar-refractivity contribution is -0.129. The number of anilines is 2. The maximum atomic E-state index is 12.2. The minimum atomic E-state index is -0.172. The summed E-state index contributed by atoms with van der Waals surface area (Å²) in [5, 5.41) is 2.89. The van der Waals surface area contributed by atoms with Gasteiger partial charge in [-0.05, 0) is 31.0 Å². The highest BCUT2D eigenvalue weighted by atomic mass is 16.2. The van der Waals surface area contributed by atoms with Crippen LogP contribution < -0.4 is 10.2 Å². The Morgan fingerprint density at radius 1 is 0.929 bits per heavy atom. The van der Waals surface area contributed by atoms with E-state index in [-0.39, 0.29) is 17.7 Å². The quantitative estimate of drug-likeness (QED) is 0.376. The van der Waals surface area contributed by atoms with Gasteiger partial charge in [0.15, 0.2) is 0 Å². The lowest BCUT2D eigenvalue weighted by Gasteiger charge is -2.25. The molecule has 0 spiro atoms. The summed E-state index contributed by atoms with van der Waals surface area (Å²) in [5.74, 6) is -0.361. The lowest BCUT2D eigenvalue weighted by atomic mass is 10.1. The van der Waals surface area contributed by atoms with Gasteiger partial charge in [0.05, 0.1) is 5.69 Å². The fraction of sp³-hybridized carbons (Fsp3) is 0.609. The molecular formula is C23H34N2O3. The predicted molar refractivity (Wildman–Crippen MR) is 113 cm³/mol. The molecule has 28 heavy (non-hydrogen) atoms. The first-order chi connectivity index (χ1) is 13.6. The third kappa shape index (κ3) is 7.45. The van der Waals surface area contributed by atoms with Crippen LogP contribution in [-0.4, -0.2) is 17.7 Å². The smallest absolute Gasteiger partial charge is 0.233 e. The molecule has 0 atom stereocenters. The molecule has 0 aliphatic carbocycles. The predicted octanol–water partition coefficient (Wildman–Crippen LogP) is 5.59. The average Bonchev–Trinajstić information content (AvgIpc) is 2.67. The molecule has 0 saturated carbocycles. The van der Waals surface area contributed by atoms with E-state index >= 15 is 0 Å². The van der Waals surface area contributed by atoms with E-state index in [1.54, 1.807) is 24.3 Å². The van der Waals surface area contributed by atoms with Crippen LogP contribution in [0.25, 0.3) is 0 Å². The molecule has 0 bridgehead atoms. The van der Waals surface area contributed by atoms with Crippen molar-refractivity contribution in [2.45, 2.75) is 90.4 Å². The second-order valence-electron chi connectivity index (χ2n) is 7.65. The molecule has 1 aromatic carbocycles. The number of carbonyl (C=O) groups is 3. The van der Waals surface area contributed by atoms with Crippen LogP contribution in [-0.2, 0) is 14.4 Å². The Balaban J connectivity index is 1.70. The summed E-state index contributed by atoms with van der Waals surface area (Å²) in [6.07, 6.45) is 12.9. The average molecular weight is 387 g/mol. The molecule has 1 heterocycles. The molecule has 5 nitrogen and oxygen atoms in total. The van der Waals surface area contributed by atoms with Crippen LogP contribution in [0, 0.1) is 0 Å². The second kappa shape index (κ2) is 12.3. The fourth-order valence-electron chi connectivity index (χ4n) is 3.58. The number of piperidine rings is 1. The van der Waals surface area contributed by atoms with Crippen molar-refractivity contribution in [1.29, 1.82) is 0 Å². The van der Waals surface area contributed by atoms with Crippen LogP contribution in [0.15, 0.2) is 24.3 Å². The SMILES string of the molecule is CCCCCCCCCCCC(=O)Nc1cccc(N2C(=O)CCCC2=O)c1. The number of nitrogens with zero attached hydrogens (tertiary/aromatic N) is 1. The van der Waals surface area contributed by atoms with E-state index in [1.807, 2.05) is 0 Å². The van der Waals surface area contributed by atoms with Gasteiger partial charge >= 0.3 is 0 Å². The standard InChI is InChI=1S/C23H34N2O3/c1-2-3-4-5-6-7-8-9-10-15-21(26)24-19-13-11-14-20(18-19)25-22(27)16-12-17-23(25)28/h11,13-14,18H,2-10,12,15-17H2,1H3,(H,24,26). The van der Waals surface area contributed by atoms with Gasteiger partial charge in [-0.1, -0.05) is 64.4 Å². The third-order valence-corrected chi connectivity index (χ3v) is 5.18. The van der Waals surface area contributed by atoms with E-state index in [0.717, 1.165) is 12.8 Å². The van der Waals surface area contributed by atoms with E-state index in [2.05, 4.69) is 12.2 Å². The number of nitrogens with one attached hydrogen (secondary N) is 1. The van der Waals surface area contributed by atoms with Crippen molar-refractivity contribution in [2.75, 3.05) is 10.2 Å². The maximum absolute atomic E-state index is 12.2. The van der Waals surface area contributed by atoms with Gasteiger partial charge in [-0.15, -0.1) is 0 Å². The van der Waals surface area contributed by atoms with E-state index in [4.69, 9.17) is 0 Å². The summed E-state index contributed by atoms with van der Waals surface area (Å²) in [4.78, 5) is 37.5. The van der Waals surface area contributed by atoms with E-state index < -0.39 is 0 Å². The van der Waals surface area contributed by atoms with Gasteiger partial charge in [0.2, 0.25) is 17.7 Å². The van der Waals surface area contributed by atoms with E-state index in [9.17, 15) is 14.4 Å². The monoisotopic (exact) mass is 386 g/mol. The summed E-state index contributed by atoms with van der Waals surface area (Å²) in [6, 6.07) is 6.99. The number of carbonyl (C=O) groups excluding carboxylic acids is 3. The molecule has 1 saturated heterocycles. The number of hydrogen-bond donors (Lipinski definition) is 1. The van der Waals surface area contributed by atoms with Crippen molar-refractivity contribution in [3.8, 4) is 0 Å². The molecule has 0 unspecified atom stereocenters. The minimum absolute atomic E-state index is 0.0172. The van der Waals surface area contributed by atoms with Crippen LogP contribution in [0.4, 0.5) is 11.4 Å². The molecule has 1 aliphatic rings. The molecule has 1 aliphatic heterocycles. The van der Waals surface area contributed by atoms with Crippen molar-refractivity contribution < 1.29 is 14.4 Å². The third-order valence-electron chi connectivity index (χ3n) is 5.18. The highest BCUT2D eigenvalue weighted by molar-refractivity contribution is 6.16. The molecule has 3 amide bonds. The summed E-state index contributed by atoms with van der Waals surface area (Å²) in [6.45, 7) is 2.23. The number of hydrogen-bond acceptors (Lipinski definition) is 3. The zero-order valence-electron chi connectivity index (χ0n) is 17.2. The highest BCUT2D eigenvalue weighted by Crippen LogP contribution is 2.25. The lowest BCUT2D eigenvalue weighted by Crippen LogP contribution is -2.40. The van der Waals surface area contributed by atoms with Crippen molar-refractivity contribution in [3.05, 3.63) is 24.3 Å². The normalized spacial score (nSPS) is 14.4. The van der Waals surface area contributed by atoms with Crippen LogP contribution in [0.5, 0.6) is 0 Å². The molecule has 0 aromatic heterocycles. The van der Waals surface area contributed by atoms with Gasteiger partial charge in [0.25, 0.3) is 0 Å². The van der Waals surface area contributed by atoms with Crippen LogP contribution in [0.3, 0.4) is 0 Å². The summed E-state index contributed by atoms with van der Waals surface area (Å²) >= 11 is 0. The van der Waals surface area contributed by atoms with Gasteiger partial charge in [-0.25, -0.2) is 0 Å². The first-order valence-electron chi connectivity index (χ1n) is 10.9. The number of imide groups is 1. The Labute approximate surface area is 168 Å². The summed E-state index contributed by atoms with van der Waals surface area (Å²) in [7, 11) is 0. The molecule has 154 valence electrons. The molecule has 1 N–H and O–H groups in total. The van der Waals surface area contributed by atoms with Crippen LogP contribution in [0.1, 0.15) is 90.4 Å². The second-order valence-corrected chi connectivity index (χ2v) is 7.65. The number of benzene rings is 1. The maximum Gasteiger partial charge on any atom is 0.233 e. The first kappa shape index (κ1) is 22.1. The molecule has 2 rings (SSSR count). The first-order valence-corrected chi connectivity index (χ1v) is 10.9. The zero-order valence-corrected chi connectivity index (χ0v) is 17.2. The molecule has 5 heteroatoms. The number of amides is 3. The topological polar surface area (TPSA) is 66.5 Å². The Kier molecular flexibility index (Phi) is 9.73. The van der Waals surface area contributed by atoms with E-state index in [0.29, 0.717) is 37.1 Å². The summed E-state index contributed by atoms with van der Waals surface area (Å²) < 4.78 is 0. The summed E-state index contributed by atoms with van der Waals surface area (Å²) in [5.41, 5.74) is 1.17. The van der Waals surface area contributed by atoms with Crippen molar-refractivity contribution in [1.82, 2.24) is 0 Å². The van der Waals surface area contributed by atoms with Crippen LogP contribution >= 0.6 is 0 Å². The molecular weight excluding hydrogens is 352 g/mol. The Bertz CT molecular complexity index is 641. The van der Waals surface area contributed by atoms with Crippen molar-refractivity contribution >= 4 is 29.1 Å². The number of unbranched alkanes of at least 4 members (excludes halogenated alkanes) is 8. The highest BCUT2D eigenvalue weighted by Gasteiger charge is 2.27. The molecule has 1 aromatic rings. The van der Waals surface area contributed by atoms with Crippen molar-refractivity contribution in [3.63, 3.8) is 0 Å². The van der Waals surface area contributed by atoms with Crippen molar-refractivity contribution in [2.24, 2.45) is 0 Å². The van der Waals surface area contributed by atoms with Gasteiger partial charge < -0.3 is 5.32 Å². The largest absolute Gasteiger partial charge is 0.326 e. The van der Waals surface area contributed by atoms with Gasteiger partial charge in [-0.2, -0.15) is 0 Å². The molecule has 1 fully saturated rings. The Morgan fingerprint density at radius 2 is 1.54 bits per heavy atom. The zero-order chi connectivity index (χ0) is 20.2.